The van der Waals surface area contributed by atoms with E-state index in [4.69, 9.17) is 37.8 Å². The molecule has 31 heavy (non-hydrogen) atoms. The van der Waals surface area contributed by atoms with E-state index >= 15 is 0 Å². The normalized spacial score (nSPS) is 10.6. The molecular weight excluding hydrogens is 505 g/mol. The van der Waals surface area contributed by atoms with E-state index < -0.39 is 5.97 Å². The largest absolute Gasteiger partial charge is 0.490 e. The van der Waals surface area contributed by atoms with Crippen molar-refractivity contribution in [3.8, 4) is 11.5 Å². The van der Waals surface area contributed by atoms with Crippen LogP contribution in [0.1, 0.15) is 28.4 Å². The molecule has 0 bridgehead atoms. The predicted molar refractivity (Wildman–Crippen MR) is 127 cm³/mol. The van der Waals surface area contributed by atoms with Crippen LogP contribution in [-0.4, -0.2) is 17.7 Å². The van der Waals surface area contributed by atoms with E-state index in [2.05, 4.69) is 21.2 Å². The molecular formula is C23H20BrCl2NO4. The number of aromatic carboxylic acids is 1. The van der Waals surface area contributed by atoms with Crippen LogP contribution in [0.15, 0.2) is 59.1 Å². The molecule has 0 aliphatic carbocycles. The number of carboxylic acid groups (broad SMARTS) is 1. The fourth-order valence-corrected chi connectivity index (χ4v) is 3.60. The van der Waals surface area contributed by atoms with Crippen LogP contribution in [0, 0.1) is 0 Å². The van der Waals surface area contributed by atoms with E-state index in [-0.39, 0.29) is 5.56 Å². The quantitative estimate of drug-likeness (QED) is 0.314. The number of hydrogen-bond donors (Lipinski definition) is 2. The molecule has 0 heterocycles. The van der Waals surface area contributed by atoms with Crippen molar-refractivity contribution in [1.29, 1.82) is 0 Å². The summed E-state index contributed by atoms with van der Waals surface area (Å²) in [6.07, 6.45) is 0. The number of carboxylic acids is 1. The summed E-state index contributed by atoms with van der Waals surface area (Å²) in [4.78, 5) is 11.0. The van der Waals surface area contributed by atoms with Crippen LogP contribution in [0.5, 0.6) is 11.5 Å². The van der Waals surface area contributed by atoms with Gasteiger partial charge in [0.25, 0.3) is 0 Å². The van der Waals surface area contributed by atoms with Gasteiger partial charge in [-0.1, -0.05) is 45.2 Å². The number of nitrogens with one attached hydrogen (secondary N) is 1. The second kappa shape index (κ2) is 10.8. The Morgan fingerprint density at radius 3 is 2.35 bits per heavy atom. The zero-order valence-corrected chi connectivity index (χ0v) is 19.7. The van der Waals surface area contributed by atoms with E-state index in [1.165, 1.54) is 0 Å². The van der Waals surface area contributed by atoms with Crippen LogP contribution < -0.4 is 14.8 Å². The average molecular weight is 525 g/mol. The lowest BCUT2D eigenvalue weighted by Gasteiger charge is -2.16. The second-order valence-corrected chi connectivity index (χ2v) is 8.27. The third-order valence-corrected chi connectivity index (χ3v) is 5.88. The van der Waals surface area contributed by atoms with Crippen LogP contribution in [-0.2, 0) is 13.2 Å². The summed E-state index contributed by atoms with van der Waals surface area (Å²) in [7, 11) is 0. The van der Waals surface area contributed by atoms with Crippen molar-refractivity contribution in [3.05, 3.63) is 85.8 Å². The maximum atomic E-state index is 11.0. The lowest BCUT2D eigenvalue weighted by molar-refractivity contribution is 0.0697. The van der Waals surface area contributed by atoms with Crippen molar-refractivity contribution in [3.63, 3.8) is 0 Å². The summed E-state index contributed by atoms with van der Waals surface area (Å²) in [6, 6.07) is 15.7. The Morgan fingerprint density at radius 2 is 1.71 bits per heavy atom. The molecule has 0 saturated carbocycles. The van der Waals surface area contributed by atoms with Crippen molar-refractivity contribution in [1.82, 2.24) is 0 Å². The Kier molecular flexibility index (Phi) is 8.07. The smallest absolute Gasteiger partial charge is 0.335 e. The zero-order valence-electron chi connectivity index (χ0n) is 16.6. The standard InChI is InChI=1S/C23H20BrCl2NO4/c1-2-30-21-10-16(12-27-17-6-4-15(5-7-17)23(28)29)18(24)11-22(21)31-13-14-3-8-19(25)20(26)9-14/h3-11,27H,2,12-13H2,1H3,(H,28,29). The minimum Gasteiger partial charge on any atom is -0.490 e. The third kappa shape index (κ3) is 6.29. The van der Waals surface area contributed by atoms with Gasteiger partial charge in [0, 0.05) is 16.7 Å². The van der Waals surface area contributed by atoms with Crippen molar-refractivity contribution < 1.29 is 19.4 Å². The number of hydrogen-bond acceptors (Lipinski definition) is 4. The molecule has 0 aromatic heterocycles. The molecule has 0 radical (unpaired) electrons. The fourth-order valence-electron chi connectivity index (χ4n) is 2.81. The van der Waals surface area contributed by atoms with E-state index in [1.807, 2.05) is 25.1 Å². The number of ether oxygens (including phenoxy) is 2. The Balaban J connectivity index is 1.72. The van der Waals surface area contributed by atoms with Gasteiger partial charge in [-0.05, 0) is 66.6 Å². The van der Waals surface area contributed by atoms with Gasteiger partial charge >= 0.3 is 5.97 Å². The van der Waals surface area contributed by atoms with Gasteiger partial charge in [-0.2, -0.15) is 0 Å². The monoisotopic (exact) mass is 523 g/mol. The molecule has 3 aromatic carbocycles. The summed E-state index contributed by atoms with van der Waals surface area (Å²) in [5.41, 5.74) is 2.92. The summed E-state index contributed by atoms with van der Waals surface area (Å²) in [5, 5.41) is 13.3. The van der Waals surface area contributed by atoms with Crippen molar-refractivity contribution in [2.75, 3.05) is 11.9 Å². The highest BCUT2D eigenvalue weighted by atomic mass is 79.9. The third-order valence-electron chi connectivity index (χ3n) is 4.41. The summed E-state index contributed by atoms with van der Waals surface area (Å²) in [5.74, 6) is 0.283. The van der Waals surface area contributed by atoms with Crippen LogP contribution in [0.25, 0.3) is 0 Å². The molecule has 8 heteroatoms. The first-order chi connectivity index (χ1) is 14.9. The average Bonchev–Trinajstić information content (AvgIpc) is 2.75. The minimum atomic E-state index is -0.952. The maximum Gasteiger partial charge on any atom is 0.335 e. The van der Waals surface area contributed by atoms with Crippen molar-refractivity contribution in [2.45, 2.75) is 20.1 Å². The maximum absolute atomic E-state index is 11.0. The van der Waals surface area contributed by atoms with E-state index in [0.717, 1.165) is 21.3 Å². The molecule has 0 spiro atoms. The van der Waals surface area contributed by atoms with E-state index in [1.54, 1.807) is 36.4 Å². The Labute approximate surface area is 199 Å². The summed E-state index contributed by atoms with van der Waals surface area (Å²) >= 11 is 15.6. The summed E-state index contributed by atoms with van der Waals surface area (Å²) < 4.78 is 12.6. The van der Waals surface area contributed by atoms with Crippen molar-refractivity contribution >= 4 is 50.8 Å². The van der Waals surface area contributed by atoms with Crippen LogP contribution in [0.3, 0.4) is 0 Å². The lowest BCUT2D eigenvalue weighted by Crippen LogP contribution is -2.04. The number of benzene rings is 3. The second-order valence-electron chi connectivity index (χ2n) is 6.60. The highest BCUT2D eigenvalue weighted by Crippen LogP contribution is 2.35. The Hall–Kier alpha value is -2.41. The first kappa shape index (κ1) is 23.3. The number of carbonyl (C=O) groups is 1. The first-order valence-electron chi connectivity index (χ1n) is 9.46. The van der Waals surface area contributed by atoms with Crippen LogP contribution >= 0.6 is 39.1 Å². The van der Waals surface area contributed by atoms with Gasteiger partial charge in [0.1, 0.15) is 6.61 Å². The van der Waals surface area contributed by atoms with Crippen molar-refractivity contribution in [2.24, 2.45) is 0 Å². The van der Waals surface area contributed by atoms with Gasteiger partial charge in [0.15, 0.2) is 11.5 Å². The predicted octanol–water partition coefficient (Wildman–Crippen LogP) is 7.04. The molecule has 0 aliphatic heterocycles. The van der Waals surface area contributed by atoms with E-state index in [9.17, 15) is 4.79 Å². The SMILES string of the molecule is CCOc1cc(CNc2ccc(C(=O)O)cc2)c(Br)cc1OCc1ccc(Cl)c(Cl)c1. The van der Waals surface area contributed by atoms with Gasteiger partial charge in [0.2, 0.25) is 0 Å². The molecule has 3 aromatic rings. The van der Waals surface area contributed by atoms with Gasteiger partial charge in [-0.3, -0.25) is 0 Å². The molecule has 0 unspecified atom stereocenters. The Morgan fingerprint density at radius 1 is 1.00 bits per heavy atom. The summed E-state index contributed by atoms with van der Waals surface area (Å²) in [6.45, 7) is 3.23. The number of anilines is 1. The minimum absolute atomic E-state index is 0.244. The van der Waals surface area contributed by atoms with Crippen LogP contribution in [0.2, 0.25) is 10.0 Å². The molecule has 2 N–H and O–H groups in total. The number of halogens is 3. The molecule has 162 valence electrons. The van der Waals surface area contributed by atoms with Gasteiger partial charge < -0.3 is 19.9 Å². The molecule has 3 rings (SSSR count). The van der Waals surface area contributed by atoms with Crippen LogP contribution in [0.4, 0.5) is 5.69 Å². The molecule has 0 amide bonds. The van der Waals surface area contributed by atoms with Gasteiger partial charge in [-0.25, -0.2) is 4.79 Å². The Bertz CT molecular complexity index is 1070. The van der Waals surface area contributed by atoms with Gasteiger partial charge in [-0.15, -0.1) is 0 Å². The van der Waals surface area contributed by atoms with E-state index in [0.29, 0.717) is 41.3 Å². The molecule has 0 atom stereocenters. The number of rotatable bonds is 9. The molecule has 5 nitrogen and oxygen atoms in total. The topological polar surface area (TPSA) is 67.8 Å². The highest BCUT2D eigenvalue weighted by Gasteiger charge is 2.12. The molecule has 0 aliphatic rings. The molecule has 0 saturated heterocycles. The lowest BCUT2D eigenvalue weighted by atomic mass is 10.1. The first-order valence-corrected chi connectivity index (χ1v) is 11.0. The highest BCUT2D eigenvalue weighted by molar-refractivity contribution is 9.10. The molecule has 0 fully saturated rings. The fraction of sp³-hybridized carbons (Fsp3) is 0.174. The van der Waals surface area contributed by atoms with Gasteiger partial charge in [0.05, 0.1) is 22.2 Å². The zero-order chi connectivity index (χ0) is 22.4.